The Labute approximate surface area is 126 Å². The van der Waals surface area contributed by atoms with Crippen molar-refractivity contribution in [1.82, 2.24) is 9.97 Å². The Morgan fingerprint density at radius 2 is 2.20 bits per heavy atom. The van der Waals surface area contributed by atoms with E-state index in [1.165, 1.54) is 0 Å². The summed E-state index contributed by atoms with van der Waals surface area (Å²) in [6, 6.07) is 7.83. The predicted molar refractivity (Wildman–Crippen MR) is 82.7 cm³/mol. The van der Waals surface area contributed by atoms with Crippen molar-refractivity contribution in [2.24, 2.45) is 0 Å². The lowest BCUT2D eigenvalue weighted by Gasteiger charge is -2.07. The summed E-state index contributed by atoms with van der Waals surface area (Å²) < 4.78 is 5.65. The first-order valence-corrected chi connectivity index (χ1v) is 7.32. The van der Waals surface area contributed by atoms with Crippen LogP contribution in [0.3, 0.4) is 0 Å². The lowest BCUT2D eigenvalue weighted by atomic mass is 10.1. The molecule has 0 aliphatic heterocycles. The molecule has 0 aliphatic rings. The van der Waals surface area contributed by atoms with Crippen LogP contribution in [0.1, 0.15) is 24.6 Å². The molecule has 0 bridgehead atoms. The van der Waals surface area contributed by atoms with Gasteiger partial charge in [-0.05, 0) is 34.0 Å². The second kappa shape index (κ2) is 6.81. The van der Waals surface area contributed by atoms with Crippen molar-refractivity contribution in [1.29, 1.82) is 0 Å². The maximum Gasteiger partial charge on any atom is 0.265 e. The van der Waals surface area contributed by atoms with Crippen LogP contribution in [-0.4, -0.2) is 17.1 Å². The molecule has 2 rings (SSSR count). The van der Waals surface area contributed by atoms with E-state index in [0.29, 0.717) is 16.9 Å². The fraction of sp³-hybridized carbons (Fsp3) is 0.333. The van der Waals surface area contributed by atoms with Crippen LogP contribution in [0.2, 0.25) is 0 Å². The Morgan fingerprint density at radius 3 is 2.90 bits per heavy atom. The fourth-order valence-electron chi connectivity index (χ4n) is 2.02. The topological polar surface area (TPSA) is 55.0 Å². The summed E-state index contributed by atoms with van der Waals surface area (Å²) in [6.07, 6.45) is 1.72. The van der Waals surface area contributed by atoms with Crippen LogP contribution in [0.25, 0.3) is 11.4 Å². The van der Waals surface area contributed by atoms with Crippen LogP contribution in [0, 0.1) is 0 Å². The Bertz CT molecular complexity index is 653. The third-order valence-corrected chi connectivity index (χ3v) is 3.75. The molecule has 0 atom stereocenters. The average molecular weight is 337 g/mol. The largest absolute Gasteiger partial charge is 0.380 e. The van der Waals surface area contributed by atoms with Crippen molar-refractivity contribution in [3.8, 4) is 11.4 Å². The second-order valence-corrected chi connectivity index (χ2v) is 5.35. The van der Waals surface area contributed by atoms with E-state index in [-0.39, 0.29) is 5.56 Å². The predicted octanol–water partition coefficient (Wildman–Crippen LogP) is 3.30. The Kier molecular flexibility index (Phi) is 5.09. The molecule has 0 fully saturated rings. The molecule has 0 aliphatic carbocycles. The maximum absolute atomic E-state index is 12.0. The average Bonchev–Trinajstić information content (AvgIpc) is 2.44. The molecule has 1 N–H and O–H groups in total. The van der Waals surface area contributed by atoms with E-state index in [1.54, 1.807) is 7.11 Å². The van der Waals surface area contributed by atoms with E-state index in [4.69, 9.17) is 4.74 Å². The highest BCUT2D eigenvalue weighted by atomic mass is 79.9. The van der Waals surface area contributed by atoms with Crippen LogP contribution < -0.4 is 5.56 Å². The molecule has 0 amide bonds. The number of methoxy groups -OCH3 is 1. The van der Waals surface area contributed by atoms with Crippen molar-refractivity contribution in [3.05, 3.63) is 50.3 Å². The van der Waals surface area contributed by atoms with Crippen molar-refractivity contribution in [2.45, 2.75) is 26.4 Å². The number of aryl methyl sites for hydroxylation is 1. The van der Waals surface area contributed by atoms with Gasteiger partial charge < -0.3 is 9.72 Å². The fourth-order valence-corrected chi connectivity index (χ4v) is 2.41. The van der Waals surface area contributed by atoms with Gasteiger partial charge in [-0.3, -0.25) is 4.79 Å². The Morgan fingerprint density at radius 1 is 1.40 bits per heavy atom. The number of hydrogen-bond acceptors (Lipinski definition) is 3. The van der Waals surface area contributed by atoms with Gasteiger partial charge in [0.05, 0.1) is 12.3 Å². The van der Waals surface area contributed by atoms with Crippen LogP contribution >= 0.6 is 15.9 Å². The van der Waals surface area contributed by atoms with E-state index in [1.807, 2.05) is 24.3 Å². The van der Waals surface area contributed by atoms with Gasteiger partial charge in [0.1, 0.15) is 10.3 Å². The minimum Gasteiger partial charge on any atom is -0.380 e. The number of nitrogens with one attached hydrogen (secondary N) is 1. The van der Waals surface area contributed by atoms with Gasteiger partial charge in [-0.25, -0.2) is 4.98 Å². The lowest BCUT2D eigenvalue weighted by Crippen LogP contribution is -2.13. The Hall–Kier alpha value is -1.46. The number of rotatable bonds is 5. The first kappa shape index (κ1) is 14.9. The lowest BCUT2D eigenvalue weighted by molar-refractivity contribution is 0.185. The first-order chi connectivity index (χ1) is 9.65. The number of H-pyrrole nitrogens is 1. The molecular weight excluding hydrogens is 320 g/mol. The zero-order chi connectivity index (χ0) is 14.5. The third-order valence-electron chi connectivity index (χ3n) is 2.93. The van der Waals surface area contributed by atoms with E-state index >= 15 is 0 Å². The van der Waals surface area contributed by atoms with Crippen molar-refractivity contribution >= 4 is 15.9 Å². The van der Waals surface area contributed by atoms with Gasteiger partial charge in [0.15, 0.2) is 0 Å². The van der Waals surface area contributed by atoms with Crippen molar-refractivity contribution < 1.29 is 4.74 Å². The molecule has 1 aromatic carbocycles. The van der Waals surface area contributed by atoms with Gasteiger partial charge in [-0.15, -0.1) is 0 Å². The summed E-state index contributed by atoms with van der Waals surface area (Å²) in [5.41, 5.74) is 2.59. The number of aromatic amines is 1. The number of nitrogens with zero attached hydrogens (tertiary/aromatic N) is 1. The van der Waals surface area contributed by atoms with Crippen molar-refractivity contribution in [2.75, 3.05) is 7.11 Å². The summed E-state index contributed by atoms with van der Waals surface area (Å²) in [5.74, 6) is 0.597. The molecule has 1 heterocycles. The SMILES string of the molecule is CCCc1nc(-c2cccc(COC)c2)[nH]c(=O)c1Br. The van der Waals surface area contributed by atoms with Crippen LogP contribution in [0.5, 0.6) is 0 Å². The monoisotopic (exact) mass is 336 g/mol. The van der Waals surface area contributed by atoms with Gasteiger partial charge in [0.2, 0.25) is 0 Å². The van der Waals surface area contributed by atoms with Gasteiger partial charge in [0, 0.05) is 12.7 Å². The van der Waals surface area contributed by atoms with E-state index < -0.39 is 0 Å². The van der Waals surface area contributed by atoms with Crippen molar-refractivity contribution in [3.63, 3.8) is 0 Å². The zero-order valence-corrected chi connectivity index (χ0v) is 13.2. The van der Waals surface area contributed by atoms with Crippen LogP contribution in [0.15, 0.2) is 33.5 Å². The molecule has 0 radical (unpaired) electrons. The summed E-state index contributed by atoms with van der Waals surface area (Å²) in [5, 5.41) is 0. The molecule has 0 saturated carbocycles. The number of benzene rings is 1. The first-order valence-electron chi connectivity index (χ1n) is 6.52. The van der Waals surface area contributed by atoms with E-state index in [9.17, 15) is 4.79 Å². The minimum atomic E-state index is -0.143. The van der Waals surface area contributed by atoms with Gasteiger partial charge in [-0.1, -0.05) is 31.5 Å². The Balaban J connectivity index is 2.47. The molecule has 0 saturated heterocycles. The van der Waals surface area contributed by atoms with E-state index in [0.717, 1.165) is 29.7 Å². The number of halogens is 1. The number of hydrogen-bond donors (Lipinski definition) is 1. The number of aromatic nitrogens is 2. The van der Waals surface area contributed by atoms with Crippen LogP contribution in [0.4, 0.5) is 0 Å². The van der Waals surface area contributed by atoms with E-state index in [2.05, 4.69) is 32.8 Å². The molecule has 0 spiro atoms. The minimum absolute atomic E-state index is 0.143. The summed E-state index contributed by atoms with van der Waals surface area (Å²) in [6.45, 7) is 2.60. The second-order valence-electron chi connectivity index (χ2n) is 4.56. The molecule has 2 aromatic rings. The highest BCUT2D eigenvalue weighted by Gasteiger charge is 2.10. The number of ether oxygens (including phenoxy) is 1. The highest BCUT2D eigenvalue weighted by Crippen LogP contribution is 2.19. The normalized spacial score (nSPS) is 10.8. The third kappa shape index (κ3) is 3.35. The van der Waals surface area contributed by atoms with Gasteiger partial charge in [-0.2, -0.15) is 0 Å². The molecule has 20 heavy (non-hydrogen) atoms. The quantitative estimate of drug-likeness (QED) is 0.911. The smallest absolute Gasteiger partial charge is 0.265 e. The van der Waals surface area contributed by atoms with Gasteiger partial charge in [0.25, 0.3) is 5.56 Å². The molecule has 4 nitrogen and oxygen atoms in total. The summed E-state index contributed by atoms with van der Waals surface area (Å²) >= 11 is 3.30. The standard InChI is InChI=1S/C15H17BrN2O2/c1-3-5-12-13(16)15(19)18-14(17-12)11-7-4-6-10(8-11)9-20-2/h4,6-8H,3,5,9H2,1-2H3,(H,17,18,19). The zero-order valence-electron chi connectivity index (χ0n) is 11.6. The summed E-state index contributed by atoms with van der Waals surface area (Å²) in [4.78, 5) is 19.3. The highest BCUT2D eigenvalue weighted by molar-refractivity contribution is 9.10. The summed E-state index contributed by atoms with van der Waals surface area (Å²) in [7, 11) is 1.66. The molecule has 106 valence electrons. The molecule has 0 unspecified atom stereocenters. The maximum atomic E-state index is 12.0. The van der Waals surface area contributed by atoms with Gasteiger partial charge >= 0.3 is 0 Å². The molecule has 5 heteroatoms. The molecular formula is C15H17BrN2O2. The van der Waals surface area contributed by atoms with Crippen LogP contribution in [-0.2, 0) is 17.8 Å². The molecule has 1 aromatic heterocycles.